The van der Waals surface area contributed by atoms with Crippen LogP contribution in [0.4, 0.5) is 0 Å². The van der Waals surface area contributed by atoms with E-state index in [0.717, 1.165) is 6.42 Å². The van der Waals surface area contributed by atoms with Crippen LogP contribution >= 0.6 is 0 Å². The molecule has 3 N–H and O–H groups in total. The zero-order chi connectivity index (χ0) is 12.9. The van der Waals surface area contributed by atoms with E-state index in [2.05, 4.69) is 38.3 Å². The molecule has 1 heterocycles. The van der Waals surface area contributed by atoms with Crippen molar-refractivity contribution in [2.75, 3.05) is 13.2 Å². The summed E-state index contributed by atoms with van der Waals surface area (Å²) in [5.41, 5.74) is 0.208. The van der Waals surface area contributed by atoms with Crippen molar-refractivity contribution in [3.8, 4) is 0 Å². The molecule has 17 heavy (non-hydrogen) atoms. The fourth-order valence-corrected chi connectivity index (χ4v) is 2.69. The maximum atomic E-state index is 9.14. The average molecular weight is 242 g/mol. The van der Waals surface area contributed by atoms with Crippen LogP contribution in [-0.2, 0) is 0 Å². The van der Waals surface area contributed by atoms with Gasteiger partial charge in [-0.2, -0.15) is 0 Å². The van der Waals surface area contributed by atoms with E-state index in [9.17, 15) is 0 Å². The summed E-state index contributed by atoms with van der Waals surface area (Å²) in [6.07, 6.45) is 4.66. The zero-order valence-corrected chi connectivity index (χ0v) is 11.9. The predicted octanol–water partition coefficient (Wildman–Crippen LogP) is 1.90. The third-order valence-electron chi connectivity index (χ3n) is 3.75. The van der Waals surface area contributed by atoms with E-state index in [4.69, 9.17) is 5.11 Å². The Morgan fingerprint density at radius 3 is 2.59 bits per heavy atom. The molecule has 0 aliphatic carbocycles. The Morgan fingerprint density at radius 1 is 1.41 bits per heavy atom. The molecule has 1 aliphatic rings. The van der Waals surface area contributed by atoms with Gasteiger partial charge in [0.1, 0.15) is 0 Å². The molecule has 0 saturated carbocycles. The Bertz CT molecular complexity index is 207. The lowest BCUT2D eigenvalue weighted by Crippen LogP contribution is -2.47. The van der Waals surface area contributed by atoms with Crippen LogP contribution < -0.4 is 10.6 Å². The number of nitrogens with one attached hydrogen (secondary N) is 2. The molecule has 0 radical (unpaired) electrons. The molecule has 3 unspecified atom stereocenters. The first-order chi connectivity index (χ1) is 7.93. The van der Waals surface area contributed by atoms with Crippen LogP contribution in [0.3, 0.4) is 0 Å². The number of aliphatic hydroxyl groups excluding tert-OH is 1. The Morgan fingerprint density at radius 2 is 2.12 bits per heavy atom. The van der Waals surface area contributed by atoms with Crippen molar-refractivity contribution in [1.29, 1.82) is 0 Å². The second-order valence-corrected chi connectivity index (χ2v) is 6.53. The van der Waals surface area contributed by atoms with Crippen molar-refractivity contribution in [2.45, 2.75) is 71.5 Å². The van der Waals surface area contributed by atoms with E-state index < -0.39 is 0 Å². The van der Waals surface area contributed by atoms with Gasteiger partial charge in [-0.3, -0.25) is 0 Å². The van der Waals surface area contributed by atoms with Gasteiger partial charge < -0.3 is 15.7 Å². The molecule has 0 amide bonds. The highest BCUT2D eigenvalue weighted by molar-refractivity contribution is 4.85. The number of hydrogen-bond acceptors (Lipinski definition) is 3. The van der Waals surface area contributed by atoms with Gasteiger partial charge in [-0.15, -0.1) is 0 Å². The summed E-state index contributed by atoms with van der Waals surface area (Å²) in [4.78, 5) is 0. The molecule has 0 bridgehead atoms. The van der Waals surface area contributed by atoms with Gasteiger partial charge in [-0.05, 0) is 44.6 Å². The number of rotatable bonds is 6. The third-order valence-corrected chi connectivity index (χ3v) is 3.75. The topological polar surface area (TPSA) is 44.3 Å². The van der Waals surface area contributed by atoms with Crippen LogP contribution in [0.15, 0.2) is 0 Å². The van der Waals surface area contributed by atoms with E-state index in [1.165, 1.54) is 25.8 Å². The summed E-state index contributed by atoms with van der Waals surface area (Å²) in [6, 6.07) is 1.59. The molecule has 0 aromatic rings. The Labute approximate surface area is 106 Å². The van der Waals surface area contributed by atoms with E-state index in [0.29, 0.717) is 18.1 Å². The fourth-order valence-electron chi connectivity index (χ4n) is 2.69. The van der Waals surface area contributed by atoms with Crippen LogP contribution in [0.2, 0.25) is 0 Å². The second-order valence-electron chi connectivity index (χ2n) is 6.53. The highest BCUT2D eigenvalue weighted by Gasteiger charge is 2.26. The number of hydrogen-bond donors (Lipinski definition) is 3. The SMILES string of the molecule is CC(CC1CCCN1)NC(CCO)C(C)(C)C. The predicted molar refractivity (Wildman–Crippen MR) is 73.2 cm³/mol. The summed E-state index contributed by atoms with van der Waals surface area (Å²) in [5.74, 6) is 0. The lowest BCUT2D eigenvalue weighted by molar-refractivity contribution is 0.184. The van der Waals surface area contributed by atoms with Gasteiger partial charge in [-0.1, -0.05) is 20.8 Å². The average Bonchev–Trinajstić information content (AvgIpc) is 2.68. The molecular weight excluding hydrogens is 212 g/mol. The third kappa shape index (κ3) is 5.36. The molecule has 1 fully saturated rings. The smallest absolute Gasteiger partial charge is 0.0446 e. The van der Waals surface area contributed by atoms with Crippen LogP contribution in [0.5, 0.6) is 0 Å². The van der Waals surface area contributed by atoms with Gasteiger partial charge in [0.25, 0.3) is 0 Å². The molecule has 3 heteroatoms. The highest BCUT2D eigenvalue weighted by atomic mass is 16.3. The van der Waals surface area contributed by atoms with Gasteiger partial charge in [0.15, 0.2) is 0 Å². The van der Waals surface area contributed by atoms with Crippen LogP contribution in [0.25, 0.3) is 0 Å². The molecule has 1 aliphatic heterocycles. The first kappa shape index (κ1) is 14.9. The van der Waals surface area contributed by atoms with E-state index >= 15 is 0 Å². The van der Waals surface area contributed by atoms with Crippen molar-refractivity contribution >= 4 is 0 Å². The van der Waals surface area contributed by atoms with Crippen molar-refractivity contribution < 1.29 is 5.11 Å². The quantitative estimate of drug-likeness (QED) is 0.666. The molecule has 0 aromatic carbocycles. The largest absolute Gasteiger partial charge is 0.396 e. The number of aliphatic hydroxyl groups is 1. The van der Waals surface area contributed by atoms with Crippen molar-refractivity contribution in [3.05, 3.63) is 0 Å². The Kier molecular flexibility index (Phi) is 5.90. The first-order valence-corrected chi connectivity index (χ1v) is 7.03. The molecule has 1 saturated heterocycles. The lowest BCUT2D eigenvalue weighted by Gasteiger charge is -2.34. The van der Waals surface area contributed by atoms with Crippen molar-refractivity contribution in [2.24, 2.45) is 5.41 Å². The second kappa shape index (κ2) is 6.72. The Balaban J connectivity index is 2.37. The van der Waals surface area contributed by atoms with Gasteiger partial charge >= 0.3 is 0 Å². The van der Waals surface area contributed by atoms with Crippen molar-refractivity contribution in [3.63, 3.8) is 0 Å². The molecular formula is C14H30N2O. The zero-order valence-electron chi connectivity index (χ0n) is 11.9. The standard InChI is InChI=1S/C14H30N2O/c1-11(10-12-6-5-8-15-12)16-13(7-9-17)14(2,3)4/h11-13,15-17H,5-10H2,1-4H3. The Hall–Kier alpha value is -0.120. The molecule has 3 nitrogen and oxygen atoms in total. The van der Waals surface area contributed by atoms with Gasteiger partial charge in [-0.25, -0.2) is 0 Å². The van der Waals surface area contributed by atoms with Gasteiger partial charge in [0.2, 0.25) is 0 Å². The molecule has 1 rings (SSSR count). The minimum absolute atomic E-state index is 0.208. The first-order valence-electron chi connectivity index (χ1n) is 7.03. The van der Waals surface area contributed by atoms with E-state index in [1.54, 1.807) is 0 Å². The minimum atomic E-state index is 0.208. The normalized spacial score (nSPS) is 24.9. The monoisotopic (exact) mass is 242 g/mol. The molecule has 0 spiro atoms. The van der Waals surface area contributed by atoms with Crippen LogP contribution in [-0.4, -0.2) is 36.4 Å². The van der Waals surface area contributed by atoms with Crippen LogP contribution in [0.1, 0.15) is 53.4 Å². The maximum absolute atomic E-state index is 9.14. The molecule has 3 atom stereocenters. The molecule has 102 valence electrons. The van der Waals surface area contributed by atoms with E-state index in [-0.39, 0.29) is 12.0 Å². The fraction of sp³-hybridized carbons (Fsp3) is 1.00. The summed E-state index contributed by atoms with van der Waals surface area (Å²) < 4.78 is 0. The highest BCUT2D eigenvalue weighted by Crippen LogP contribution is 2.23. The summed E-state index contributed by atoms with van der Waals surface area (Å²) in [6.45, 7) is 10.4. The van der Waals surface area contributed by atoms with Gasteiger partial charge in [0.05, 0.1) is 0 Å². The maximum Gasteiger partial charge on any atom is 0.0446 e. The van der Waals surface area contributed by atoms with E-state index in [1.807, 2.05) is 0 Å². The summed E-state index contributed by atoms with van der Waals surface area (Å²) >= 11 is 0. The minimum Gasteiger partial charge on any atom is -0.396 e. The molecule has 0 aromatic heterocycles. The summed E-state index contributed by atoms with van der Waals surface area (Å²) in [5, 5.41) is 16.4. The van der Waals surface area contributed by atoms with Gasteiger partial charge in [0, 0.05) is 24.7 Å². The lowest BCUT2D eigenvalue weighted by atomic mass is 9.84. The van der Waals surface area contributed by atoms with Crippen molar-refractivity contribution in [1.82, 2.24) is 10.6 Å². The van der Waals surface area contributed by atoms with Crippen LogP contribution in [0, 0.1) is 5.41 Å². The summed E-state index contributed by atoms with van der Waals surface area (Å²) in [7, 11) is 0.